The first kappa shape index (κ1) is 20.8. The van der Waals surface area contributed by atoms with Crippen LogP contribution in [0.3, 0.4) is 0 Å². The number of hydrogen-bond donors (Lipinski definition) is 1. The standard InChI is InChI=1S/C20H23N5O3S/c1-15(16-6-4-3-5-7-16)24(2)29(27,28)18-8-9-19(22-12-18)23-20(26)17-10-11-25(13-17)14-21/h3-9,12,15,17H,10-11,13H2,1-2H3,(H,22,23,26). The predicted molar refractivity (Wildman–Crippen MR) is 108 cm³/mol. The third-order valence-corrected chi connectivity index (χ3v) is 7.10. The maximum absolute atomic E-state index is 12.9. The molecule has 1 aromatic heterocycles. The van der Waals surface area contributed by atoms with E-state index in [9.17, 15) is 13.2 Å². The zero-order valence-electron chi connectivity index (χ0n) is 16.3. The molecule has 0 aliphatic carbocycles. The second-order valence-corrected chi connectivity index (χ2v) is 9.01. The fourth-order valence-electron chi connectivity index (χ4n) is 3.22. The van der Waals surface area contributed by atoms with Crippen molar-refractivity contribution in [3.05, 3.63) is 54.2 Å². The Labute approximate surface area is 170 Å². The molecular formula is C20H23N5O3S. The van der Waals surface area contributed by atoms with Crippen LogP contribution < -0.4 is 5.32 Å². The number of nitrogens with one attached hydrogen (secondary N) is 1. The number of aromatic nitrogens is 1. The number of benzene rings is 1. The molecule has 1 amide bonds. The van der Waals surface area contributed by atoms with Gasteiger partial charge in [0.25, 0.3) is 0 Å². The van der Waals surface area contributed by atoms with Crippen LogP contribution >= 0.6 is 0 Å². The first-order valence-electron chi connectivity index (χ1n) is 9.27. The SMILES string of the molecule is CC(c1ccccc1)N(C)S(=O)(=O)c1ccc(NC(=O)C2CCN(C#N)C2)nc1. The molecule has 2 unspecified atom stereocenters. The van der Waals surface area contributed by atoms with Crippen molar-refractivity contribution in [3.63, 3.8) is 0 Å². The van der Waals surface area contributed by atoms with E-state index in [4.69, 9.17) is 5.26 Å². The molecule has 2 aromatic rings. The van der Waals surface area contributed by atoms with Gasteiger partial charge in [-0.05, 0) is 31.0 Å². The van der Waals surface area contributed by atoms with Gasteiger partial charge in [0, 0.05) is 32.4 Å². The van der Waals surface area contributed by atoms with Gasteiger partial charge in [-0.3, -0.25) is 4.79 Å². The van der Waals surface area contributed by atoms with E-state index in [0.717, 1.165) is 5.56 Å². The molecule has 0 bridgehead atoms. The number of carbonyl (C=O) groups is 1. The maximum atomic E-state index is 12.9. The third kappa shape index (κ3) is 4.55. The molecule has 1 aliphatic heterocycles. The molecule has 1 fully saturated rings. The normalized spacial score (nSPS) is 17.7. The summed E-state index contributed by atoms with van der Waals surface area (Å²) in [5, 5.41) is 11.6. The molecule has 1 N–H and O–H groups in total. The van der Waals surface area contributed by atoms with Crippen LogP contribution in [-0.2, 0) is 14.8 Å². The van der Waals surface area contributed by atoms with Crippen molar-refractivity contribution in [3.8, 4) is 6.19 Å². The van der Waals surface area contributed by atoms with Gasteiger partial charge in [-0.25, -0.2) is 13.4 Å². The quantitative estimate of drug-likeness (QED) is 0.728. The number of nitrogens with zero attached hydrogens (tertiary/aromatic N) is 4. The van der Waals surface area contributed by atoms with E-state index < -0.39 is 10.0 Å². The lowest BCUT2D eigenvalue weighted by Gasteiger charge is -2.24. The van der Waals surface area contributed by atoms with Crippen molar-refractivity contribution in [2.75, 3.05) is 25.5 Å². The van der Waals surface area contributed by atoms with Crippen molar-refractivity contribution in [2.45, 2.75) is 24.3 Å². The van der Waals surface area contributed by atoms with Gasteiger partial charge in [0.05, 0.1) is 5.92 Å². The number of pyridine rings is 1. The monoisotopic (exact) mass is 413 g/mol. The maximum Gasteiger partial charge on any atom is 0.244 e. The topological polar surface area (TPSA) is 106 Å². The summed E-state index contributed by atoms with van der Waals surface area (Å²) in [6.45, 7) is 2.77. The van der Waals surface area contributed by atoms with Gasteiger partial charge in [-0.15, -0.1) is 0 Å². The number of likely N-dealkylation sites (tertiary alicyclic amines) is 1. The van der Waals surface area contributed by atoms with Gasteiger partial charge in [0.1, 0.15) is 10.7 Å². The van der Waals surface area contributed by atoms with Gasteiger partial charge in [0.2, 0.25) is 15.9 Å². The highest BCUT2D eigenvalue weighted by molar-refractivity contribution is 7.89. The number of sulfonamides is 1. The van der Waals surface area contributed by atoms with Gasteiger partial charge in [-0.2, -0.15) is 9.57 Å². The molecule has 0 spiro atoms. The summed E-state index contributed by atoms with van der Waals surface area (Å²) in [4.78, 5) is 18.0. The van der Waals surface area contributed by atoms with E-state index in [1.54, 1.807) is 0 Å². The summed E-state index contributed by atoms with van der Waals surface area (Å²) in [6, 6.07) is 11.9. The second kappa shape index (κ2) is 8.59. The van der Waals surface area contributed by atoms with Crippen molar-refractivity contribution in [2.24, 2.45) is 5.92 Å². The Hall–Kier alpha value is -2.96. The number of nitriles is 1. The highest BCUT2D eigenvalue weighted by Gasteiger charge is 2.29. The largest absolute Gasteiger partial charge is 0.310 e. The number of anilines is 1. The average Bonchev–Trinajstić information content (AvgIpc) is 3.23. The Kier molecular flexibility index (Phi) is 6.15. The molecule has 1 aliphatic rings. The van der Waals surface area contributed by atoms with Crippen LogP contribution in [0.2, 0.25) is 0 Å². The summed E-state index contributed by atoms with van der Waals surface area (Å²) in [7, 11) is -2.21. The average molecular weight is 414 g/mol. The van der Waals surface area contributed by atoms with Gasteiger partial charge < -0.3 is 10.2 Å². The number of hydrogen-bond acceptors (Lipinski definition) is 6. The minimum Gasteiger partial charge on any atom is -0.310 e. The molecule has 0 radical (unpaired) electrons. The summed E-state index contributed by atoms with van der Waals surface area (Å²) in [5.74, 6) is -0.221. The van der Waals surface area contributed by atoms with Gasteiger partial charge in [-0.1, -0.05) is 30.3 Å². The van der Waals surface area contributed by atoms with E-state index in [0.29, 0.717) is 19.5 Å². The first-order valence-corrected chi connectivity index (χ1v) is 10.7. The minimum atomic E-state index is -3.74. The van der Waals surface area contributed by atoms with E-state index in [2.05, 4.69) is 10.3 Å². The van der Waals surface area contributed by atoms with Crippen molar-refractivity contribution in [1.29, 1.82) is 5.26 Å². The van der Waals surface area contributed by atoms with Gasteiger partial charge >= 0.3 is 0 Å². The van der Waals surface area contributed by atoms with Crippen LogP contribution in [0.1, 0.15) is 24.9 Å². The van der Waals surface area contributed by atoms with Crippen LogP contribution in [0, 0.1) is 17.4 Å². The summed E-state index contributed by atoms with van der Waals surface area (Å²) in [5.41, 5.74) is 0.887. The van der Waals surface area contributed by atoms with Crippen LogP contribution in [0.15, 0.2) is 53.6 Å². The Balaban J connectivity index is 1.69. The van der Waals surface area contributed by atoms with Crippen LogP contribution in [0.25, 0.3) is 0 Å². The zero-order chi connectivity index (χ0) is 21.0. The molecule has 8 nitrogen and oxygen atoms in total. The molecule has 9 heteroatoms. The predicted octanol–water partition coefficient (Wildman–Crippen LogP) is 2.20. The lowest BCUT2D eigenvalue weighted by atomic mass is 10.1. The van der Waals surface area contributed by atoms with E-state index in [1.165, 1.54) is 34.6 Å². The minimum absolute atomic E-state index is 0.0531. The van der Waals surface area contributed by atoms with Crippen molar-refractivity contribution < 1.29 is 13.2 Å². The van der Waals surface area contributed by atoms with E-state index in [-0.39, 0.29) is 28.6 Å². The fraction of sp³-hybridized carbons (Fsp3) is 0.350. The molecule has 1 saturated heterocycles. The fourth-order valence-corrected chi connectivity index (χ4v) is 4.51. The summed E-state index contributed by atoms with van der Waals surface area (Å²) < 4.78 is 27.1. The molecule has 29 heavy (non-hydrogen) atoms. The summed E-state index contributed by atoms with van der Waals surface area (Å²) in [6.07, 6.45) is 3.89. The number of rotatable bonds is 6. The summed E-state index contributed by atoms with van der Waals surface area (Å²) >= 11 is 0. The smallest absolute Gasteiger partial charge is 0.244 e. The number of carbonyl (C=O) groups excluding carboxylic acids is 1. The molecule has 1 aromatic carbocycles. The lowest BCUT2D eigenvalue weighted by Crippen LogP contribution is -2.30. The highest BCUT2D eigenvalue weighted by Crippen LogP contribution is 2.26. The second-order valence-electron chi connectivity index (χ2n) is 7.01. The Morgan fingerprint density at radius 1 is 1.31 bits per heavy atom. The molecule has 0 saturated carbocycles. The molecule has 2 atom stereocenters. The Bertz CT molecular complexity index is 1000. The Morgan fingerprint density at radius 3 is 2.62 bits per heavy atom. The molecule has 152 valence electrons. The van der Waals surface area contributed by atoms with Gasteiger partial charge in [0.15, 0.2) is 6.19 Å². The molecular weight excluding hydrogens is 390 g/mol. The highest BCUT2D eigenvalue weighted by atomic mass is 32.2. The molecule has 3 rings (SSSR count). The Morgan fingerprint density at radius 2 is 2.03 bits per heavy atom. The van der Waals surface area contributed by atoms with Crippen LogP contribution in [-0.4, -0.2) is 48.7 Å². The molecule has 2 heterocycles. The van der Waals surface area contributed by atoms with Crippen LogP contribution in [0.4, 0.5) is 5.82 Å². The third-order valence-electron chi connectivity index (χ3n) is 5.19. The first-order chi connectivity index (χ1) is 13.8. The zero-order valence-corrected chi connectivity index (χ0v) is 17.1. The van der Waals surface area contributed by atoms with Crippen molar-refractivity contribution >= 4 is 21.7 Å². The van der Waals surface area contributed by atoms with E-state index in [1.807, 2.05) is 43.4 Å². The van der Waals surface area contributed by atoms with Crippen molar-refractivity contribution in [1.82, 2.24) is 14.2 Å². The lowest BCUT2D eigenvalue weighted by molar-refractivity contribution is -0.119. The number of amides is 1. The van der Waals surface area contributed by atoms with Crippen LogP contribution in [0.5, 0.6) is 0 Å². The van der Waals surface area contributed by atoms with E-state index >= 15 is 0 Å².